The van der Waals surface area contributed by atoms with Gasteiger partial charge in [0.25, 0.3) is 0 Å². The highest BCUT2D eigenvalue weighted by Crippen LogP contribution is 2.37. The Bertz CT molecular complexity index is 496. The van der Waals surface area contributed by atoms with Crippen molar-refractivity contribution in [1.29, 1.82) is 0 Å². The van der Waals surface area contributed by atoms with Crippen LogP contribution in [0.15, 0.2) is 16.5 Å². The third-order valence-corrected chi connectivity index (χ3v) is 3.61. The lowest BCUT2D eigenvalue weighted by Crippen LogP contribution is -2.46. The Morgan fingerprint density at radius 1 is 1.55 bits per heavy atom. The first-order chi connectivity index (χ1) is 9.54. The van der Waals surface area contributed by atoms with Gasteiger partial charge in [-0.3, -0.25) is 9.59 Å². The van der Waals surface area contributed by atoms with E-state index in [1.54, 1.807) is 31.1 Å². The Morgan fingerprint density at radius 2 is 2.30 bits per heavy atom. The largest absolute Gasteiger partial charge is 0.481 e. The molecular weight excluding hydrogens is 262 g/mol. The maximum Gasteiger partial charge on any atom is 0.309 e. The molecule has 1 amide bonds. The third-order valence-electron chi connectivity index (χ3n) is 3.61. The normalized spacial score (nSPS) is 23.1. The first-order valence-corrected chi connectivity index (χ1v) is 6.62. The Kier molecular flexibility index (Phi) is 4.44. The van der Waals surface area contributed by atoms with Crippen LogP contribution >= 0.6 is 0 Å². The van der Waals surface area contributed by atoms with Crippen LogP contribution in [0.4, 0.5) is 0 Å². The SMILES string of the molecule is COCCN1C(=O)CCC(C(=O)O)C1c1ccc(C)o1. The highest BCUT2D eigenvalue weighted by molar-refractivity contribution is 5.81. The fraction of sp³-hybridized carbons (Fsp3) is 0.571. The molecule has 0 aliphatic carbocycles. The van der Waals surface area contributed by atoms with Crippen LogP contribution in [0.2, 0.25) is 0 Å². The Morgan fingerprint density at radius 3 is 2.85 bits per heavy atom. The summed E-state index contributed by atoms with van der Waals surface area (Å²) in [6.45, 7) is 2.53. The first-order valence-electron chi connectivity index (χ1n) is 6.62. The number of carbonyl (C=O) groups is 2. The van der Waals surface area contributed by atoms with Gasteiger partial charge in [0, 0.05) is 20.1 Å². The van der Waals surface area contributed by atoms with Crippen LogP contribution in [0.5, 0.6) is 0 Å². The van der Waals surface area contributed by atoms with Gasteiger partial charge >= 0.3 is 5.97 Å². The van der Waals surface area contributed by atoms with Crippen molar-refractivity contribution >= 4 is 11.9 Å². The van der Waals surface area contributed by atoms with Gasteiger partial charge in [0.1, 0.15) is 17.6 Å². The molecule has 1 fully saturated rings. The van der Waals surface area contributed by atoms with Crippen LogP contribution in [0.3, 0.4) is 0 Å². The summed E-state index contributed by atoms with van der Waals surface area (Å²) in [5, 5.41) is 9.40. The molecule has 0 saturated carbocycles. The molecule has 2 atom stereocenters. The number of ether oxygens (including phenoxy) is 1. The molecule has 20 heavy (non-hydrogen) atoms. The van der Waals surface area contributed by atoms with Crippen molar-refractivity contribution in [2.24, 2.45) is 5.92 Å². The average molecular weight is 281 g/mol. The van der Waals surface area contributed by atoms with Gasteiger partial charge < -0.3 is 19.2 Å². The van der Waals surface area contributed by atoms with E-state index in [1.165, 1.54) is 0 Å². The molecule has 1 aromatic rings. The number of nitrogens with zero attached hydrogens (tertiary/aromatic N) is 1. The molecule has 0 aromatic carbocycles. The summed E-state index contributed by atoms with van der Waals surface area (Å²) in [5.41, 5.74) is 0. The summed E-state index contributed by atoms with van der Waals surface area (Å²) < 4.78 is 10.6. The molecular formula is C14H19NO5. The number of furan rings is 1. The molecule has 6 nitrogen and oxygen atoms in total. The molecule has 0 spiro atoms. The zero-order chi connectivity index (χ0) is 14.7. The van der Waals surface area contributed by atoms with Crippen molar-refractivity contribution in [2.45, 2.75) is 25.8 Å². The zero-order valence-electron chi connectivity index (χ0n) is 11.7. The molecule has 110 valence electrons. The molecule has 1 N–H and O–H groups in total. The van der Waals surface area contributed by atoms with E-state index in [0.717, 1.165) is 0 Å². The quantitative estimate of drug-likeness (QED) is 0.886. The van der Waals surface area contributed by atoms with Gasteiger partial charge in [-0.2, -0.15) is 0 Å². The van der Waals surface area contributed by atoms with Crippen molar-refractivity contribution < 1.29 is 23.8 Å². The van der Waals surface area contributed by atoms with Crippen LogP contribution in [-0.4, -0.2) is 42.1 Å². The molecule has 6 heteroatoms. The molecule has 1 saturated heterocycles. The molecule has 2 unspecified atom stereocenters. The van der Waals surface area contributed by atoms with Crippen molar-refractivity contribution in [3.8, 4) is 0 Å². The zero-order valence-corrected chi connectivity index (χ0v) is 11.7. The molecule has 0 radical (unpaired) electrons. The van der Waals surface area contributed by atoms with Crippen molar-refractivity contribution in [3.63, 3.8) is 0 Å². The van der Waals surface area contributed by atoms with Gasteiger partial charge in [-0.15, -0.1) is 0 Å². The van der Waals surface area contributed by atoms with E-state index in [-0.39, 0.29) is 12.3 Å². The molecule has 1 aliphatic rings. The van der Waals surface area contributed by atoms with Crippen LogP contribution in [0.1, 0.15) is 30.4 Å². The summed E-state index contributed by atoms with van der Waals surface area (Å²) in [4.78, 5) is 25.1. The highest BCUT2D eigenvalue weighted by atomic mass is 16.5. The van der Waals surface area contributed by atoms with Gasteiger partial charge in [-0.05, 0) is 25.5 Å². The first kappa shape index (κ1) is 14.6. The Labute approximate surface area is 117 Å². The lowest BCUT2D eigenvalue weighted by atomic mass is 9.87. The number of hydrogen-bond donors (Lipinski definition) is 1. The maximum absolute atomic E-state index is 12.1. The predicted molar refractivity (Wildman–Crippen MR) is 70.1 cm³/mol. The Balaban J connectivity index is 2.33. The minimum absolute atomic E-state index is 0.0568. The van der Waals surface area contributed by atoms with E-state index < -0.39 is 17.9 Å². The minimum atomic E-state index is -0.904. The summed E-state index contributed by atoms with van der Waals surface area (Å²) in [6, 6.07) is 2.97. The number of amides is 1. The van der Waals surface area contributed by atoms with E-state index in [9.17, 15) is 14.7 Å². The topological polar surface area (TPSA) is 80.0 Å². The second-order valence-corrected chi connectivity index (χ2v) is 4.96. The maximum atomic E-state index is 12.1. The minimum Gasteiger partial charge on any atom is -0.481 e. The van der Waals surface area contributed by atoms with Crippen LogP contribution in [0.25, 0.3) is 0 Å². The number of aliphatic carboxylic acids is 1. The summed E-state index contributed by atoms with van der Waals surface area (Å²) in [6.07, 6.45) is 0.582. The number of piperidine rings is 1. The van der Waals surface area contributed by atoms with E-state index in [4.69, 9.17) is 9.15 Å². The van der Waals surface area contributed by atoms with Gasteiger partial charge in [0.15, 0.2) is 0 Å². The number of carboxylic acid groups (broad SMARTS) is 1. The fourth-order valence-electron chi connectivity index (χ4n) is 2.63. The number of likely N-dealkylation sites (tertiary alicyclic amines) is 1. The molecule has 1 aliphatic heterocycles. The lowest BCUT2D eigenvalue weighted by molar-refractivity contribution is -0.153. The molecule has 0 bridgehead atoms. The van der Waals surface area contributed by atoms with E-state index in [2.05, 4.69) is 0 Å². The van der Waals surface area contributed by atoms with Gasteiger partial charge in [0.2, 0.25) is 5.91 Å². The lowest BCUT2D eigenvalue weighted by Gasteiger charge is -2.38. The van der Waals surface area contributed by atoms with Crippen LogP contribution in [-0.2, 0) is 14.3 Å². The number of carboxylic acids is 1. The smallest absolute Gasteiger partial charge is 0.309 e. The second-order valence-electron chi connectivity index (χ2n) is 4.96. The van der Waals surface area contributed by atoms with Gasteiger partial charge in [0.05, 0.1) is 12.5 Å². The Hall–Kier alpha value is -1.82. The molecule has 2 heterocycles. The average Bonchev–Trinajstić information content (AvgIpc) is 2.83. The van der Waals surface area contributed by atoms with Gasteiger partial charge in [-0.25, -0.2) is 0 Å². The van der Waals surface area contributed by atoms with Crippen LogP contribution < -0.4 is 0 Å². The van der Waals surface area contributed by atoms with E-state index >= 15 is 0 Å². The highest BCUT2D eigenvalue weighted by Gasteiger charge is 2.42. The number of hydrogen-bond acceptors (Lipinski definition) is 4. The number of aryl methyl sites for hydroxylation is 1. The van der Waals surface area contributed by atoms with Crippen LogP contribution in [0, 0.1) is 12.8 Å². The number of carbonyl (C=O) groups excluding carboxylic acids is 1. The van der Waals surface area contributed by atoms with E-state index in [1.807, 2.05) is 0 Å². The number of rotatable bonds is 5. The summed E-state index contributed by atoms with van der Waals surface area (Å²) >= 11 is 0. The third kappa shape index (κ3) is 2.85. The number of methoxy groups -OCH3 is 1. The van der Waals surface area contributed by atoms with Gasteiger partial charge in [-0.1, -0.05) is 0 Å². The standard InChI is InChI=1S/C14H19NO5/c1-9-3-5-11(20-9)13-10(14(17)18)4-6-12(16)15(13)7-8-19-2/h3,5,10,13H,4,6-8H2,1-2H3,(H,17,18). The van der Waals surface area contributed by atoms with Crippen molar-refractivity contribution in [2.75, 3.05) is 20.3 Å². The van der Waals surface area contributed by atoms with Crippen molar-refractivity contribution in [1.82, 2.24) is 4.90 Å². The molecule has 1 aromatic heterocycles. The second kappa shape index (κ2) is 6.09. The van der Waals surface area contributed by atoms with E-state index in [0.29, 0.717) is 31.1 Å². The fourth-order valence-corrected chi connectivity index (χ4v) is 2.63. The van der Waals surface area contributed by atoms with Crippen molar-refractivity contribution in [3.05, 3.63) is 23.7 Å². The predicted octanol–water partition coefficient (Wildman–Crippen LogP) is 1.60. The monoisotopic (exact) mass is 281 g/mol. The summed E-state index contributed by atoms with van der Waals surface area (Å²) in [7, 11) is 1.55. The summed E-state index contributed by atoms with van der Waals surface area (Å²) in [5.74, 6) is -0.374. The molecule has 2 rings (SSSR count).